The van der Waals surface area contributed by atoms with Gasteiger partial charge in [-0.25, -0.2) is 9.59 Å². The van der Waals surface area contributed by atoms with Crippen LogP contribution in [0.3, 0.4) is 0 Å². The van der Waals surface area contributed by atoms with Gasteiger partial charge in [-0.15, -0.1) is 0 Å². The van der Waals surface area contributed by atoms with Gasteiger partial charge in [-0.2, -0.15) is 0 Å². The molecule has 2 aromatic carbocycles. The van der Waals surface area contributed by atoms with Crippen molar-refractivity contribution >= 4 is 23.9 Å². The largest absolute Gasteiger partial charge is 0.444 e. The molecule has 2 heterocycles. The van der Waals surface area contributed by atoms with Crippen LogP contribution in [0.5, 0.6) is 0 Å². The van der Waals surface area contributed by atoms with Crippen LogP contribution in [0.15, 0.2) is 60.7 Å². The third kappa shape index (κ3) is 6.90. The Bertz CT molecular complexity index is 1150. The third-order valence-electron chi connectivity index (χ3n) is 6.74. The molecule has 0 radical (unpaired) electrons. The van der Waals surface area contributed by atoms with Gasteiger partial charge in [0.1, 0.15) is 11.6 Å². The van der Waals surface area contributed by atoms with Crippen LogP contribution in [0, 0.1) is 0 Å². The minimum atomic E-state index is -0.882. The molecule has 4 rings (SSSR count). The number of alkyl carbamates (subject to hydrolysis) is 1. The Morgan fingerprint density at radius 1 is 1.00 bits per heavy atom. The number of imide groups is 1. The lowest BCUT2D eigenvalue weighted by atomic mass is 9.91. The van der Waals surface area contributed by atoms with Gasteiger partial charge in [0.05, 0.1) is 12.6 Å². The Hall–Kier alpha value is -3.88. The Morgan fingerprint density at radius 3 is 2.26 bits per heavy atom. The summed E-state index contributed by atoms with van der Waals surface area (Å²) in [6.45, 7) is 6.02. The molecule has 2 saturated heterocycles. The van der Waals surface area contributed by atoms with Gasteiger partial charge in [0, 0.05) is 25.4 Å². The predicted octanol–water partition coefficient (Wildman–Crippen LogP) is 3.62. The molecule has 0 aliphatic carbocycles. The first-order chi connectivity index (χ1) is 18.1. The first-order valence-electron chi connectivity index (χ1n) is 13.1. The van der Waals surface area contributed by atoms with E-state index in [0.717, 1.165) is 11.1 Å². The van der Waals surface area contributed by atoms with Crippen molar-refractivity contribution in [3.8, 4) is 0 Å². The number of ether oxygens (including phenoxy) is 1. The summed E-state index contributed by atoms with van der Waals surface area (Å²) in [4.78, 5) is 55.4. The van der Waals surface area contributed by atoms with Crippen LogP contribution in [-0.4, -0.2) is 64.0 Å². The van der Waals surface area contributed by atoms with E-state index >= 15 is 0 Å². The van der Waals surface area contributed by atoms with Crippen molar-refractivity contribution in [2.45, 2.75) is 76.7 Å². The van der Waals surface area contributed by atoms with Crippen LogP contribution >= 0.6 is 0 Å². The predicted molar refractivity (Wildman–Crippen MR) is 142 cm³/mol. The molecule has 38 heavy (non-hydrogen) atoms. The van der Waals surface area contributed by atoms with E-state index in [9.17, 15) is 19.2 Å². The molecule has 0 bridgehead atoms. The van der Waals surface area contributed by atoms with Crippen molar-refractivity contribution in [2.75, 3.05) is 6.54 Å². The molecule has 2 aromatic rings. The van der Waals surface area contributed by atoms with Crippen LogP contribution in [0.4, 0.5) is 9.59 Å². The summed E-state index contributed by atoms with van der Waals surface area (Å²) in [5.41, 5.74) is 1.05. The normalized spacial score (nSPS) is 20.4. The zero-order valence-electron chi connectivity index (χ0n) is 22.2. The first kappa shape index (κ1) is 27.2. The topological polar surface area (TPSA) is 108 Å². The van der Waals surface area contributed by atoms with E-state index in [2.05, 4.69) is 10.6 Å². The number of benzene rings is 2. The maximum absolute atomic E-state index is 13.5. The standard InChI is InChI=1S/C29H36N4O5/c1-29(2,3)38-27(36)31-23(17-20-11-6-4-7-12-20)26(35)30-22-15-10-16-32-24(22)18-25(34)33(28(32)37)19-21-13-8-5-9-14-21/h4-9,11-14,22-24H,10,15-19H2,1-3H3,(H,30,35)(H,31,36)/t22-,23+,24-/m1/s1. The average molecular weight is 521 g/mol. The summed E-state index contributed by atoms with van der Waals surface area (Å²) in [5, 5.41) is 5.74. The number of piperidine rings is 1. The van der Waals surface area contributed by atoms with E-state index in [-0.39, 0.29) is 37.2 Å². The average Bonchev–Trinajstić information content (AvgIpc) is 2.87. The molecular weight excluding hydrogens is 484 g/mol. The van der Waals surface area contributed by atoms with E-state index in [0.29, 0.717) is 19.4 Å². The van der Waals surface area contributed by atoms with Gasteiger partial charge < -0.3 is 20.3 Å². The monoisotopic (exact) mass is 520 g/mol. The molecule has 0 aromatic heterocycles. The molecule has 3 atom stereocenters. The fourth-order valence-electron chi connectivity index (χ4n) is 4.98. The van der Waals surface area contributed by atoms with Crippen LogP contribution in [0.25, 0.3) is 0 Å². The number of urea groups is 1. The molecule has 2 aliphatic heterocycles. The summed E-state index contributed by atoms with van der Waals surface area (Å²) >= 11 is 0. The second-order valence-electron chi connectivity index (χ2n) is 10.9. The van der Waals surface area contributed by atoms with E-state index in [1.54, 1.807) is 25.7 Å². The van der Waals surface area contributed by atoms with Crippen LogP contribution in [0.1, 0.15) is 51.2 Å². The highest BCUT2D eigenvalue weighted by Crippen LogP contribution is 2.28. The molecule has 2 fully saturated rings. The lowest BCUT2D eigenvalue weighted by molar-refractivity contribution is -0.135. The van der Waals surface area contributed by atoms with Crippen LogP contribution < -0.4 is 10.6 Å². The van der Waals surface area contributed by atoms with Crippen molar-refractivity contribution in [3.05, 3.63) is 71.8 Å². The molecule has 2 N–H and O–H groups in total. The molecule has 0 saturated carbocycles. The van der Waals surface area contributed by atoms with Gasteiger partial charge in [-0.3, -0.25) is 14.5 Å². The minimum absolute atomic E-state index is 0.131. The highest BCUT2D eigenvalue weighted by molar-refractivity contribution is 5.97. The van der Waals surface area contributed by atoms with Gasteiger partial charge >= 0.3 is 12.1 Å². The molecule has 202 valence electrons. The molecular formula is C29H36N4O5. The van der Waals surface area contributed by atoms with Crippen molar-refractivity contribution in [1.29, 1.82) is 0 Å². The lowest BCUT2D eigenvalue weighted by Gasteiger charge is -2.46. The Labute approximate surface area is 223 Å². The van der Waals surface area contributed by atoms with Crippen molar-refractivity contribution < 1.29 is 23.9 Å². The number of amides is 5. The summed E-state index contributed by atoms with van der Waals surface area (Å²) in [5.74, 6) is -0.632. The number of carbonyl (C=O) groups excluding carboxylic acids is 4. The number of nitrogens with zero attached hydrogens (tertiary/aromatic N) is 2. The maximum atomic E-state index is 13.5. The summed E-state index contributed by atoms with van der Waals surface area (Å²) < 4.78 is 5.39. The number of hydrogen-bond acceptors (Lipinski definition) is 5. The van der Waals surface area contributed by atoms with Gasteiger partial charge in [0.15, 0.2) is 0 Å². The first-order valence-corrected chi connectivity index (χ1v) is 13.1. The molecule has 0 spiro atoms. The summed E-state index contributed by atoms with van der Waals surface area (Å²) in [6, 6.07) is 16.8. The quantitative estimate of drug-likeness (QED) is 0.580. The highest BCUT2D eigenvalue weighted by atomic mass is 16.6. The number of rotatable bonds is 7. The van der Waals surface area contributed by atoms with E-state index in [1.807, 2.05) is 60.7 Å². The number of carbonyl (C=O) groups is 4. The molecule has 9 nitrogen and oxygen atoms in total. The Balaban J connectivity index is 1.46. The number of nitrogens with one attached hydrogen (secondary N) is 2. The molecule has 2 aliphatic rings. The fraction of sp³-hybridized carbons (Fsp3) is 0.448. The number of hydrogen-bond donors (Lipinski definition) is 2. The molecule has 0 unspecified atom stereocenters. The summed E-state index contributed by atoms with van der Waals surface area (Å²) in [7, 11) is 0. The van der Waals surface area contributed by atoms with Gasteiger partial charge in [-0.05, 0) is 44.7 Å². The van der Waals surface area contributed by atoms with Gasteiger partial charge in [-0.1, -0.05) is 60.7 Å². The van der Waals surface area contributed by atoms with Crippen molar-refractivity contribution in [2.24, 2.45) is 0 Å². The zero-order valence-corrected chi connectivity index (χ0v) is 22.2. The Kier molecular flexibility index (Phi) is 8.34. The zero-order chi connectivity index (χ0) is 27.3. The van der Waals surface area contributed by atoms with Gasteiger partial charge in [0.25, 0.3) is 0 Å². The Morgan fingerprint density at radius 2 is 1.63 bits per heavy atom. The molecule has 5 amide bonds. The SMILES string of the molecule is CC(C)(C)OC(=O)N[C@@H](Cc1ccccc1)C(=O)N[C@@H]1CCCN2C(=O)N(Cc3ccccc3)C(=O)C[C@H]12. The maximum Gasteiger partial charge on any atom is 0.408 e. The van der Waals surface area contributed by atoms with Gasteiger partial charge in [0.2, 0.25) is 11.8 Å². The second-order valence-corrected chi connectivity index (χ2v) is 10.9. The minimum Gasteiger partial charge on any atom is -0.444 e. The highest BCUT2D eigenvalue weighted by Gasteiger charge is 2.44. The van der Waals surface area contributed by atoms with E-state index in [4.69, 9.17) is 4.74 Å². The smallest absolute Gasteiger partial charge is 0.408 e. The van der Waals surface area contributed by atoms with E-state index < -0.39 is 29.8 Å². The molecule has 9 heteroatoms. The van der Waals surface area contributed by atoms with Crippen LogP contribution in [0.2, 0.25) is 0 Å². The van der Waals surface area contributed by atoms with E-state index in [1.165, 1.54) is 4.90 Å². The summed E-state index contributed by atoms with van der Waals surface area (Å²) in [6.07, 6.45) is 1.06. The fourth-order valence-corrected chi connectivity index (χ4v) is 4.98. The third-order valence-corrected chi connectivity index (χ3v) is 6.74. The van der Waals surface area contributed by atoms with Crippen molar-refractivity contribution in [3.63, 3.8) is 0 Å². The van der Waals surface area contributed by atoms with Crippen LogP contribution in [-0.2, 0) is 27.3 Å². The van der Waals surface area contributed by atoms with Crippen molar-refractivity contribution in [1.82, 2.24) is 20.4 Å². The second kappa shape index (κ2) is 11.7. The number of fused-ring (bicyclic) bond motifs is 1. The lowest BCUT2D eigenvalue weighted by Crippen LogP contribution is -2.66.